The Hall–Kier alpha value is -2.49. The Balaban J connectivity index is 1.94. The highest BCUT2D eigenvalue weighted by atomic mass is 16.5. The van der Waals surface area contributed by atoms with Crippen LogP contribution in [0.3, 0.4) is 0 Å². The molecule has 2 aromatic rings. The molecule has 4 nitrogen and oxygen atoms in total. The average molecular weight is 341 g/mol. The van der Waals surface area contributed by atoms with E-state index in [0.717, 1.165) is 17.5 Å². The molecule has 1 unspecified atom stereocenters. The first kappa shape index (κ1) is 18.8. The predicted octanol–water partition coefficient (Wildman–Crippen LogP) is 4.21. The third-order valence-electron chi connectivity index (χ3n) is 4.31. The molecule has 1 amide bonds. The lowest BCUT2D eigenvalue weighted by atomic mass is 10.0. The second-order valence-corrected chi connectivity index (χ2v) is 6.13. The van der Waals surface area contributed by atoms with E-state index in [-0.39, 0.29) is 11.9 Å². The lowest BCUT2D eigenvalue weighted by Crippen LogP contribution is -2.28. The summed E-state index contributed by atoms with van der Waals surface area (Å²) in [5, 5.41) is 3.13. The Morgan fingerprint density at radius 1 is 1.04 bits per heavy atom. The first-order valence-electron chi connectivity index (χ1n) is 8.64. The fraction of sp³-hybridized carbons (Fsp3) is 0.381. The van der Waals surface area contributed by atoms with Crippen LogP contribution in [0.5, 0.6) is 11.5 Å². The topological polar surface area (TPSA) is 47.6 Å². The van der Waals surface area contributed by atoms with Gasteiger partial charge < -0.3 is 14.8 Å². The second kappa shape index (κ2) is 9.11. The summed E-state index contributed by atoms with van der Waals surface area (Å²) in [6.07, 6.45) is 1.97. The van der Waals surface area contributed by atoms with Crippen molar-refractivity contribution < 1.29 is 14.3 Å². The molecule has 0 heterocycles. The van der Waals surface area contributed by atoms with Gasteiger partial charge in [0.1, 0.15) is 0 Å². The molecule has 0 aromatic heterocycles. The van der Waals surface area contributed by atoms with Crippen molar-refractivity contribution in [1.29, 1.82) is 0 Å². The summed E-state index contributed by atoms with van der Waals surface area (Å²) in [4.78, 5) is 12.3. The van der Waals surface area contributed by atoms with Crippen LogP contribution >= 0.6 is 0 Å². The summed E-state index contributed by atoms with van der Waals surface area (Å²) in [6.45, 7) is 4.14. The molecule has 0 fully saturated rings. The number of benzene rings is 2. The number of hydrogen-bond acceptors (Lipinski definition) is 3. The zero-order valence-corrected chi connectivity index (χ0v) is 15.5. The summed E-state index contributed by atoms with van der Waals surface area (Å²) in [5.41, 5.74) is 3.42. The van der Waals surface area contributed by atoms with E-state index in [1.54, 1.807) is 14.2 Å². The van der Waals surface area contributed by atoms with Crippen molar-refractivity contribution in [3.05, 3.63) is 59.2 Å². The van der Waals surface area contributed by atoms with Crippen LogP contribution in [-0.4, -0.2) is 20.1 Å². The van der Waals surface area contributed by atoms with Crippen molar-refractivity contribution >= 4 is 5.91 Å². The quantitative estimate of drug-likeness (QED) is 0.782. The molecule has 1 N–H and O–H groups in total. The summed E-state index contributed by atoms with van der Waals surface area (Å²) >= 11 is 0. The van der Waals surface area contributed by atoms with Gasteiger partial charge in [0.25, 0.3) is 0 Å². The van der Waals surface area contributed by atoms with Gasteiger partial charge in [0.2, 0.25) is 5.91 Å². The van der Waals surface area contributed by atoms with Crippen LogP contribution in [0.4, 0.5) is 0 Å². The van der Waals surface area contributed by atoms with Crippen LogP contribution < -0.4 is 14.8 Å². The smallest absolute Gasteiger partial charge is 0.220 e. The van der Waals surface area contributed by atoms with Gasteiger partial charge in [-0.1, -0.05) is 42.8 Å². The number of rotatable bonds is 8. The van der Waals surface area contributed by atoms with E-state index in [0.29, 0.717) is 24.3 Å². The van der Waals surface area contributed by atoms with Crippen molar-refractivity contribution in [2.24, 2.45) is 0 Å². The van der Waals surface area contributed by atoms with E-state index in [2.05, 4.69) is 43.4 Å². The second-order valence-electron chi connectivity index (χ2n) is 6.13. The number of carbonyl (C=O) groups excluding carboxylic acids is 1. The van der Waals surface area contributed by atoms with Crippen LogP contribution in [0.15, 0.2) is 42.5 Å². The zero-order chi connectivity index (χ0) is 18.2. The Morgan fingerprint density at radius 2 is 1.72 bits per heavy atom. The van der Waals surface area contributed by atoms with Crippen molar-refractivity contribution in [2.75, 3.05) is 14.2 Å². The molecule has 1 atom stereocenters. The fourth-order valence-electron chi connectivity index (χ4n) is 2.78. The van der Waals surface area contributed by atoms with Gasteiger partial charge in [0.05, 0.1) is 20.3 Å². The summed E-state index contributed by atoms with van der Waals surface area (Å²) in [6, 6.07) is 14.1. The standard InChI is InChI=1S/C21H27NO3/c1-5-18(17-10-6-15(2)7-11-17)22-21(23)13-9-16-8-12-19(24-3)20(14-16)25-4/h6-8,10-12,14,18H,5,9,13H2,1-4H3,(H,22,23). The minimum absolute atomic E-state index is 0.0542. The SMILES string of the molecule is CCC(NC(=O)CCc1ccc(OC)c(OC)c1)c1ccc(C)cc1. The van der Waals surface area contributed by atoms with Crippen molar-refractivity contribution in [3.63, 3.8) is 0 Å². The molecule has 25 heavy (non-hydrogen) atoms. The molecule has 0 radical (unpaired) electrons. The molecule has 2 rings (SSSR count). The number of ether oxygens (including phenoxy) is 2. The molecule has 4 heteroatoms. The number of hydrogen-bond donors (Lipinski definition) is 1. The molecular weight excluding hydrogens is 314 g/mol. The number of carbonyl (C=O) groups is 1. The van der Waals surface area contributed by atoms with E-state index in [4.69, 9.17) is 9.47 Å². The normalized spacial score (nSPS) is 11.7. The molecule has 0 saturated heterocycles. The monoisotopic (exact) mass is 341 g/mol. The molecule has 0 aliphatic carbocycles. The summed E-state index contributed by atoms with van der Waals surface area (Å²) in [7, 11) is 3.22. The van der Waals surface area contributed by atoms with Crippen LogP contribution in [-0.2, 0) is 11.2 Å². The largest absolute Gasteiger partial charge is 0.493 e. The third kappa shape index (κ3) is 5.24. The maximum Gasteiger partial charge on any atom is 0.220 e. The lowest BCUT2D eigenvalue weighted by molar-refractivity contribution is -0.121. The highest BCUT2D eigenvalue weighted by Gasteiger charge is 2.13. The first-order valence-corrected chi connectivity index (χ1v) is 8.64. The highest BCUT2D eigenvalue weighted by molar-refractivity contribution is 5.76. The number of nitrogens with one attached hydrogen (secondary N) is 1. The minimum Gasteiger partial charge on any atom is -0.493 e. The Morgan fingerprint density at radius 3 is 2.32 bits per heavy atom. The molecule has 0 spiro atoms. The molecule has 0 bridgehead atoms. The van der Waals surface area contributed by atoms with Crippen molar-refractivity contribution in [3.8, 4) is 11.5 Å². The fourth-order valence-corrected chi connectivity index (χ4v) is 2.78. The number of amides is 1. The van der Waals surface area contributed by atoms with Crippen molar-refractivity contribution in [2.45, 2.75) is 39.2 Å². The van der Waals surface area contributed by atoms with Crippen molar-refractivity contribution in [1.82, 2.24) is 5.32 Å². The van der Waals surface area contributed by atoms with Crippen LogP contribution in [0.1, 0.15) is 42.5 Å². The summed E-state index contributed by atoms with van der Waals surface area (Å²) in [5.74, 6) is 1.44. The van der Waals surface area contributed by atoms with Crippen LogP contribution in [0, 0.1) is 6.92 Å². The van der Waals surface area contributed by atoms with Crippen LogP contribution in [0.2, 0.25) is 0 Å². The Kier molecular flexibility index (Phi) is 6.87. The average Bonchev–Trinajstić information content (AvgIpc) is 2.64. The third-order valence-corrected chi connectivity index (χ3v) is 4.31. The maximum atomic E-state index is 12.3. The van der Waals surface area contributed by atoms with E-state index >= 15 is 0 Å². The summed E-state index contributed by atoms with van der Waals surface area (Å²) < 4.78 is 10.5. The van der Waals surface area contributed by atoms with Gasteiger partial charge in [0.15, 0.2) is 11.5 Å². The van der Waals surface area contributed by atoms with Gasteiger partial charge in [-0.15, -0.1) is 0 Å². The van der Waals surface area contributed by atoms with Gasteiger partial charge in [-0.25, -0.2) is 0 Å². The molecule has 0 aliphatic rings. The molecule has 0 saturated carbocycles. The van der Waals surface area contributed by atoms with E-state index in [9.17, 15) is 4.79 Å². The Labute approximate surface area is 150 Å². The maximum absolute atomic E-state index is 12.3. The number of aryl methyl sites for hydroxylation is 2. The molecular formula is C21H27NO3. The zero-order valence-electron chi connectivity index (χ0n) is 15.5. The van der Waals surface area contributed by atoms with Gasteiger partial charge in [-0.2, -0.15) is 0 Å². The highest BCUT2D eigenvalue weighted by Crippen LogP contribution is 2.28. The van der Waals surface area contributed by atoms with E-state index in [1.807, 2.05) is 18.2 Å². The predicted molar refractivity (Wildman–Crippen MR) is 100 cm³/mol. The minimum atomic E-state index is 0.0542. The molecule has 134 valence electrons. The molecule has 0 aliphatic heterocycles. The van der Waals surface area contributed by atoms with Gasteiger partial charge >= 0.3 is 0 Å². The van der Waals surface area contributed by atoms with Gasteiger partial charge in [-0.3, -0.25) is 4.79 Å². The number of methoxy groups -OCH3 is 2. The van der Waals surface area contributed by atoms with Gasteiger partial charge in [0, 0.05) is 6.42 Å². The van der Waals surface area contributed by atoms with E-state index < -0.39 is 0 Å². The van der Waals surface area contributed by atoms with Gasteiger partial charge in [-0.05, 0) is 43.0 Å². The van der Waals surface area contributed by atoms with E-state index in [1.165, 1.54) is 5.56 Å². The Bertz CT molecular complexity index is 695. The first-order chi connectivity index (χ1) is 12.1. The van der Waals surface area contributed by atoms with Crippen LogP contribution in [0.25, 0.3) is 0 Å². The lowest BCUT2D eigenvalue weighted by Gasteiger charge is -2.18. The molecule has 2 aromatic carbocycles.